The van der Waals surface area contributed by atoms with Crippen molar-refractivity contribution in [3.05, 3.63) is 60.8 Å². The second-order valence-electron chi connectivity index (χ2n) is 4.51. The van der Waals surface area contributed by atoms with Crippen LogP contribution < -0.4 is 0 Å². The molecule has 0 unspecified atom stereocenters. The first-order chi connectivity index (χ1) is 10.9. The lowest BCUT2D eigenvalue weighted by Crippen LogP contribution is -1.98. The smallest absolute Gasteiger partial charge is 0.220 e. The van der Waals surface area contributed by atoms with Gasteiger partial charge < -0.3 is 0 Å². The van der Waals surface area contributed by atoms with Crippen molar-refractivity contribution in [3.8, 4) is 5.69 Å². The van der Waals surface area contributed by atoms with Gasteiger partial charge in [0.15, 0.2) is 0 Å². The van der Waals surface area contributed by atoms with E-state index in [2.05, 4.69) is 25.5 Å². The highest BCUT2D eigenvalue weighted by atomic mass is 32.2. The third-order valence-electron chi connectivity index (χ3n) is 3.06. The number of hydrogen-bond acceptors (Lipinski definition) is 6. The van der Waals surface area contributed by atoms with Crippen LogP contribution in [-0.4, -0.2) is 30.2 Å². The first kappa shape index (κ1) is 12.9. The molecule has 0 radical (unpaired) electrons. The highest BCUT2D eigenvalue weighted by Crippen LogP contribution is 2.25. The van der Waals surface area contributed by atoms with Gasteiger partial charge in [-0.05, 0) is 46.5 Å². The number of tetrazole rings is 1. The van der Waals surface area contributed by atoms with Crippen LogP contribution >= 0.6 is 11.8 Å². The molecule has 0 aliphatic rings. The monoisotopic (exact) mass is 306 g/mol. The van der Waals surface area contributed by atoms with Crippen molar-refractivity contribution >= 4 is 22.8 Å². The molecule has 0 saturated heterocycles. The van der Waals surface area contributed by atoms with Gasteiger partial charge in [0.1, 0.15) is 5.03 Å². The summed E-state index contributed by atoms with van der Waals surface area (Å²) in [4.78, 5) is 8.98. The number of hydrogen-bond donors (Lipinski definition) is 0. The van der Waals surface area contributed by atoms with E-state index in [9.17, 15) is 0 Å². The average Bonchev–Trinajstić information content (AvgIpc) is 3.04. The standard InChI is InChI=1S/C15H10N6S/c1-2-6-11(7-3-1)21-15(18-19-20-21)22-14-10-16-12-8-4-5-9-13(12)17-14/h1-10H. The minimum Gasteiger partial charge on any atom is -0.252 e. The van der Waals surface area contributed by atoms with Gasteiger partial charge in [-0.1, -0.05) is 30.3 Å². The van der Waals surface area contributed by atoms with E-state index >= 15 is 0 Å². The summed E-state index contributed by atoms with van der Waals surface area (Å²) in [5, 5.41) is 13.3. The second-order valence-corrected chi connectivity index (χ2v) is 5.50. The van der Waals surface area contributed by atoms with Crippen molar-refractivity contribution in [2.45, 2.75) is 10.2 Å². The zero-order valence-corrected chi connectivity index (χ0v) is 12.2. The largest absolute Gasteiger partial charge is 0.252 e. The lowest BCUT2D eigenvalue weighted by atomic mass is 10.3. The van der Waals surface area contributed by atoms with E-state index in [1.54, 1.807) is 10.9 Å². The Hall–Kier alpha value is -2.80. The maximum Gasteiger partial charge on any atom is 0.220 e. The van der Waals surface area contributed by atoms with Crippen molar-refractivity contribution in [1.29, 1.82) is 0 Å². The van der Waals surface area contributed by atoms with E-state index in [4.69, 9.17) is 0 Å². The fraction of sp³-hybridized carbons (Fsp3) is 0. The van der Waals surface area contributed by atoms with Crippen LogP contribution in [0.15, 0.2) is 71.0 Å². The SMILES string of the molecule is c1ccc(-n2nnnc2Sc2cnc3ccccc3n2)cc1. The number of para-hydroxylation sites is 3. The zero-order valence-electron chi connectivity index (χ0n) is 11.4. The molecule has 2 aromatic carbocycles. The Labute approximate surface area is 130 Å². The van der Waals surface area contributed by atoms with Crippen molar-refractivity contribution in [2.24, 2.45) is 0 Å². The predicted octanol–water partition coefficient (Wildman–Crippen LogP) is 2.76. The second kappa shape index (κ2) is 5.53. The minimum atomic E-state index is 0.649. The van der Waals surface area contributed by atoms with Gasteiger partial charge in [0.2, 0.25) is 5.16 Å². The van der Waals surface area contributed by atoms with Crippen LogP contribution in [0.1, 0.15) is 0 Å². The van der Waals surface area contributed by atoms with Gasteiger partial charge >= 0.3 is 0 Å². The number of rotatable bonds is 3. The molecule has 7 heteroatoms. The molecule has 4 rings (SSSR count). The summed E-state index contributed by atoms with van der Waals surface area (Å²) in [5.41, 5.74) is 2.63. The fourth-order valence-electron chi connectivity index (χ4n) is 2.06. The minimum absolute atomic E-state index is 0.649. The van der Waals surface area contributed by atoms with Gasteiger partial charge in [-0.15, -0.1) is 5.10 Å². The van der Waals surface area contributed by atoms with E-state index < -0.39 is 0 Å². The summed E-state index contributed by atoms with van der Waals surface area (Å²) in [6, 6.07) is 17.5. The molecule has 0 aliphatic heterocycles. The Kier molecular flexibility index (Phi) is 3.24. The van der Waals surface area contributed by atoms with Crippen molar-refractivity contribution in [1.82, 2.24) is 30.2 Å². The summed E-state index contributed by atoms with van der Waals surface area (Å²) < 4.78 is 1.68. The first-order valence-electron chi connectivity index (χ1n) is 6.63. The number of fused-ring (bicyclic) bond motifs is 1. The van der Waals surface area contributed by atoms with Gasteiger partial charge in [-0.25, -0.2) is 4.98 Å². The Morgan fingerprint density at radius 2 is 1.64 bits per heavy atom. The van der Waals surface area contributed by atoms with Crippen LogP contribution in [0, 0.1) is 0 Å². The van der Waals surface area contributed by atoms with Gasteiger partial charge in [-0.3, -0.25) is 4.98 Å². The average molecular weight is 306 g/mol. The molecular weight excluding hydrogens is 296 g/mol. The molecule has 6 nitrogen and oxygen atoms in total. The summed E-state index contributed by atoms with van der Waals surface area (Å²) in [6.07, 6.45) is 1.73. The number of aromatic nitrogens is 6. The Balaban J connectivity index is 1.70. The van der Waals surface area contributed by atoms with E-state index in [1.165, 1.54) is 11.8 Å². The summed E-state index contributed by atoms with van der Waals surface area (Å²) >= 11 is 1.38. The van der Waals surface area contributed by atoms with Gasteiger partial charge in [-0.2, -0.15) is 4.68 Å². The van der Waals surface area contributed by atoms with E-state index in [-0.39, 0.29) is 0 Å². The van der Waals surface area contributed by atoms with Gasteiger partial charge in [0.25, 0.3) is 0 Å². The Morgan fingerprint density at radius 1 is 0.864 bits per heavy atom. The van der Waals surface area contributed by atoms with Gasteiger partial charge in [0, 0.05) is 0 Å². The maximum absolute atomic E-state index is 4.58. The van der Waals surface area contributed by atoms with Crippen LogP contribution in [0.5, 0.6) is 0 Å². The topological polar surface area (TPSA) is 69.4 Å². The van der Waals surface area contributed by atoms with Crippen LogP contribution in [0.4, 0.5) is 0 Å². The summed E-state index contributed by atoms with van der Waals surface area (Å²) in [7, 11) is 0. The molecule has 4 aromatic rings. The predicted molar refractivity (Wildman–Crippen MR) is 82.8 cm³/mol. The molecule has 0 bridgehead atoms. The zero-order chi connectivity index (χ0) is 14.8. The highest BCUT2D eigenvalue weighted by molar-refractivity contribution is 7.99. The quantitative estimate of drug-likeness (QED) is 0.579. The van der Waals surface area contributed by atoms with Crippen LogP contribution in [0.25, 0.3) is 16.7 Å². The first-order valence-corrected chi connectivity index (χ1v) is 7.45. The van der Waals surface area contributed by atoms with E-state index in [0.717, 1.165) is 21.7 Å². The third kappa shape index (κ3) is 2.42. The molecule has 106 valence electrons. The van der Waals surface area contributed by atoms with Crippen molar-refractivity contribution in [3.63, 3.8) is 0 Å². The van der Waals surface area contributed by atoms with E-state index in [1.807, 2.05) is 54.6 Å². The Morgan fingerprint density at radius 3 is 2.50 bits per heavy atom. The molecule has 0 fully saturated rings. The summed E-state index contributed by atoms with van der Waals surface area (Å²) in [6.45, 7) is 0. The molecule has 0 atom stereocenters. The molecule has 2 aromatic heterocycles. The fourth-order valence-corrected chi connectivity index (χ4v) is 2.80. The number of benzene rings is 2. The molecule has 0 N–H and O–H groups in total. The highest BCUT2D eigenvalue weighted by Gasteiger charge is 2.11. The maximum atomic E-state index is 4.58. The number of nitrogens with zero attached hydrogens (tertiary/aromatic N) is 6. The third-order valence-corrected chi connectivity index (χ3v) is 3.91. The van der Waals surface area contributed by atoms with Crippen molar-refractivity contribution in [2.75, 3.05) is 0 Å². The molecule has 2 heterocycles. The lowest BCUT2D eigenvalue weighted by Gasteiger charge is -2.04. The van der Waals surface area contributed by atoms with Gasteiger partial charge in [0.05, 0.1) is 22.9 Å². The van der Waals surface area contributed by atoms with E-state index in [0.29, 0.717) is 5.16 Å². The molecule has 0 amide bonds. The lowest BCUT2D eigenvalue weighted by molar-refractivity contribution is 0.756. The Bertz CT molecular complexity index is 921. The normalized spacial score (nSPS) is 10.9. The molecule has 0 saturated carbocycles. The van der Waals surface area contributed by atoms with Crippen molar-refractivity contribution < 1.29 is 0 Å². The molecular formula is C15H10N6S. The van der Waals surface area contributed by atoms with Crippen LogP contribution in [0.3, 0.4) is 0 Å². The van der Waals surface area contributed by atoms with Crippen LogP contribution in [0.2, 0.25) is 0 Å². The van der Waals surface area contributed by atoms with Crippen LogP contribution in [-0.2, 0) is 0 Å². The molecule has 0 spiro atoms. The molecule has 22 heavy (non-hydrogen) atoms. The summed E-state index contributed by atoms with van der Waals surface area (Å²) in [5.74, 6) is 0. The molecule has 0 aliphatic carbocycles.